The van der Waals surface area contributed by atoms with Gasteiger partial charge >= 0.3 is 12.1 Å². The number of hydrogen-bond acceptors (Lipinski definition) is 4. The smallest absolute Gasteiger partial charge is 0.411 e. The quantitative estimate of drug-likeness (QED) is 0.544. The van der Waals surface area contributed by atoms with Crippen LogP contribution in [0.5, 0.6) is 0 Å². The fraction of sp³-hybridized carbons (Fsp3) is 0.125. The van der Waals surface area contributed by atoms with E-state index in [1.807, 2.05) is 48.5 Å². The van der Waals surface area contributed by atoms with E-state index in [1.165, 1.54) is 12.1 Å². The van der Waals surface area contributed by atoms with Crippen LogP contribution in [-0.2, 0) is 9.53 Å². The molecule has 4 rings (SSSR count). The largest absolute Gasteiger partial charge is 0.480 e. The van der Waals surface area contributed by atoms with Gasteiger partial charge in [0.25, 0.3) is 5.91 Å². The Balaban J connectivity index is 1.41. The van der Waals surface area contributed by atoms with Crippen LogP contribution in [0.2, 0.25) is 0 Å². The van der Waals surface area contributed by atoms with E-state index < -0.39 is 30.3 Å². The summed E-state index contributed by atoms with van der Waals surface area (Å²) in [6, 6.07) is 19.2. The lowest BCUT2D eigenvalue weighted by atomic mass is 9.98. The molecular weight excluding hydrogens is 415 g/mol. The second-order valence-corrected chi connectivity index (χ2v) is 7.22. The average molecular weight is 434 g/mol. The zero-order chi connectivity index (χ0) is 22.7. The maximum absolute atomic E-state index is 14.3. The summed E-state index contributed by atoms with van der Waals surface area (Å²) in [4.78, 5) is 34.6. The number of hydrogen-bond donors (Lipinski definition) is 3. The Hall–Kier alpha value is -4.20. The highest BCUT2D eigenvalue weighted by molar-refractivity contribution is 5.96. The molecule has 0 heterocycles. The monoisotopic (exact) mass is 434 g/mol. The molecule has 0 saturated carbocycles. The van der Waals surface area contributed by atoms with Crippen LogP contribution in [0.25, 0.3) is 11.1 Å². The third kappa shape index (κ3) is 4.29. The summed E-state index contributed by atoms with van der Waals surface area (Å²) in [5.74, 6) is -2.92. The minimum atomic E-state index is -1.22. The third-order valence-electron chi connectivity index (χ3n) is 5.21. The molecule has 0 bridgehead atoms. The van der Waals surface area contributed by atoms with Crippen molar-refractivity contribution < 1.29 is 28.6 Å². The first-order valence-corrected chi connectivity index (χ1v) is 9.85. The van der Waals surface area contributed by atoms with Gasteiger partial charge in [-0.15, -0.1) is 0 Å². The molecule has 0 aliphatic heterocycles. The number of halogens is 1. The summed E-state index contributed by atoms with van der Waals surface area (Å²) in [6.45, 7) is -0.503. The van der Waals surface area contributed by atoms with E-state index in [9.17, 15) is 18.8 Å². The van der Waals surface area contributed by atoms with Crippen LogP contribution in [0.1, 0.15) is 27.4 Å². The highest BCUT2D eigenvalue weighted by atomic mass is 19.1. The van der Waals surface area contributed by atoms with Gasteiger partial charge in [0, 0.05) is 11.5 Å². The van der Waals surface area contributed by atoms with Gasteiger partial charge in [-0.25, -0.2) is 9.18 Å². The third-order valence-corrected chi connectivity index (χ3v) is 5.21. The highest BCUT2D eigenvalue weighted by Gasteiger charge is 2.29. The van der Waals surface area contributed by atoms with Crippen molar-refractivity contribution in [1.29, 1.82) is 0 Å². The molecule has 7 nitrogen and oxygen atoms in total. The molecule has 162 valence electrons. The molecule has 0 unspecified atom stereocenters. The van der Waals surface area contributed by atoms with E-state index in [4.69, 9.17) is 9.84 Å². The maximum atomic E-state index is 14.3. The zero-order valence-corrected chi connectivity index (χ0v) is 16.8. The normalized spacial score (nSPS) is 11.9. The summed E-state index contributed by atoms with van der Waals surface area (Å²) in [5.41, 5.74) is 4.09. The van der Waals surface area contributed by atoms with Crippen molar-refractivity contribution in [3.05, 3.63) is 89.2 Å². The molecule has 0 aromatic heterocycles. The molecule has 0 radical (unpaired) electrons. The van der Waals surface area contributed by atoms with Gasteiger partial charge in [0.1, 0.15) is 19.0 Å². The van der Waals surface area contributed by atoms with E-state index in [0.717, 1.165) is 28.3 Å². The van der Waals surface area contributed by atoms with Crippen molar-refractivity contribution in [2.45, 2.75) is 5.92 Å². The van der Waals surface area contributed by atoms with Crippen LogP contribution in [0.3, 0.4) is 0 Å². The number of carbonyl (C=O) groups excluding carboxylic acids is 2. The van der Waals surface area contributed by atoms with E-state index in [2.05, 4.69) is 10.6 Å². The molecule has 0 saturated heterocycles. The van der Waals surface area contributed by atoms with Gasteiger partial charge in [-0.1, -0.05) is 48.5 Å². The second kappa shape index (κ2) is 8.89. The Labute approximate surface area is 182 Å². The van der Waals surface area contributed by atoms with Gasteiger partial charge < -0.3 is 15.2 Å². The predicted octanol–water partition coefficient (Wildman–Crippen LogP) is 4.00. The second-order valence-electron chi connectivity index (χ2n) is 7.22. The molecule has 3 aromatic rings. The molecule has 0 spiro atoms. The molecule has 8 heteroatoms. The zero-order valence-electron chi connectivity index (χ0n) is 16.8. The first-order chi connectivity index (χ1) is 15.4. The molecule has 0 fully saturated rings. The fourth-order valence-corrected chi connectivity index (χ4v) is 3.76. The van der Waals surface area contributed by atoms with Crippen LogP contribution in [-0.4, -0.2) is 36.2 Å². The molecule has 32 heavy (non-hydrogen) atoms. The Morgan fingerprint density at radius 3 is 2.16 bits per heavy atom. The van der Waals surface area contributed by atoms with Crippen molar-refractivity contribution in [1.82, 2.24) is 5.32 Å². The van der Waals surface area contributed by atoms with Gasteiger partial charge in [0.15, 0.2) is 0 Å². The first-order valence-electron chi connectivity index (χ1n) is 9.85. The summed E-state index contributed by atoms with van der Waals surface area (Å²) in [5, 5.41) is 13.1. The minimum Gasteiger partial charge on any atom is -0.480 e. The van der Waals surface area contributed by atoms with Gasteiger partial charge in [-0.3, -0.25) is 14.9 Å². The predicted molar refractivity (Wildman–Crippen MR) is 115 cm³/mol. The first kappa shape index (κ1) is 21.0. The SMILES string of the molecule is O=C(O)CNC(=O)c1ccc(NC(=O)OCC2c3ccccc3-c3ccccc32)c(F)c1. The molecular formula is C24H19FN2O5. The number of nitrogens with one attached hydrogen (secondary N) is 2. The summed E-state index contributed by atoms with van der Waals surface area (Å²) < 4.78 is 19.7. The Morgan fingerprint density at radius 2 is 1.56 bits per heavy atom. The van der Waals surface area contributed by atoms with Crippen LogP contribution in [0.15, 0.2) is 66.7 Å². The van der Waals surface area contributed by atoms with Crippen molar-refractivity contribution >= 4 is 23.7 Å². The molecule has 3 aromatic carbocycles. The van der Waals surface area contributed by atoms with E-state index in [1.54, 1.807) is 0 Å². The average Bonchev–Trinajstić information content (AvgIpc) is 3.11. The topological polar surface area (TPSA) is 105 Å². The number of benzene rings is 3. The van der Waals surface area contributed by atoms with Crippen LogP contribution >= 0.6 is 0 Å². The maximum Gasteiger partial charge on any atom is 0.411 e. The Morgan fingerprint density at radius 1 is 0.938 bits per heavy atom. The summed E-state index contributed by atoms with van der Waals surface area (Å²) in [6.07, 6.45) is -0.825. The van der Waals surface area contributed by atoms with E-state index >= 15 is 0 Å². The van der Waals surface area contributed by atoms with Gasteiger partial charge in [-0.2, -0.15) is 0 Å². The number of carboxylic acids is 1. The van der Waals surface area contributed by atoms with Crippen molar-refractivity contribution in [2.75, 3.05) is 18.5 Å². The fourth-order valence-electron chi connectivity index (χ4n) is 3.76. The number of carbonyl (C=O) groups is 3. The number of anilines is 1. The molecule has 2 amide bonds. The van der Waals surface area contributed by atoms with E-state index in [-0.39, 0.29) is 23.8 Å². The van der Waals surface area contributed by atoms with Crippen LogP contribution < -0.4 is 10.6 Å². The van der Waals surface area contributed by atoms with Crippen LogP contribution in [0.4, 0.5) is 14.9 Å². The lowest BCUT2D eigenvalue weighted by molar-refractivity contribution is -0.135. The van der Waals surface area contributed by atoms with Gasteiger partial charge in [0.2, 0.25) is 0 Å². The van der Waals surface area contributed by atoms with Crippen molar-refractivity contribution in [3.63, 3.8) is 0 Å². The van der Waals surface area contributed by atoms with Crippen molar-refractivity contribution in [3.8, 4) is 11.1 Å². The van der Waals surface area contributed by atoms with E-state index in [0.29, 0.717) is 0 Å². The van der Waals surface area contributed by atoms with Crippen molar-refractivity contribution in [2.24, 2.45) is 0 Å². The number of fused-ring (bicyclic) bond motifs is 3. The van der Waals surface area contributed by atoms with Gasteiger partial charge in [0.05, 0.1) is 5.69 Å². The Bertz CT molecular complexity index is 1160. The molecule has 1 aliphatic carbocycles. The minimum absolute atomic E-state index is 0.0677. The number of amides is 2. The molecule has 1 aliphatic rings. The lowest BCUT2D eigenvalue weighted by Crippen LogP contribution is -2.29. The number of aliphatic carboxylic acids is 1. The molecule has 3 N–H and O–H groups in total. The summed E-state index contributed by atoms with van der Waals surface area (Å²) in [7, 11) is 0. The number of rotatable bonds is 6. The number of carboxylic acid groups (broad SMARTS) is 1. The Kier molecular flexibility index (Phi) is 5.85. The molecule has 0 atom stereocenters. The highest BCUT2D eigenvalue weighted by Crippen LogP contribution is 2.44. The standard InChI is InChI=1S/C24H19FN2O5/c25-20-11-14(23(30)26-12-22(28)29)9-10-21(20)27-24(31)32-13-19-17-7-3-1-5-15(17)16-6-2-4-8-18(16)19/h1-11,19H,12-13H2,(H,26,30)(H,27,31)(H,28,29). The lowest BCUT2D eigenvalue weighted by Gasteiger charge is -2.15. The van der Waals surface area contributed by atoms with Gasteiger partial charge in [-0.05, 0) is 40.5 Å². The summed E-state index contributed by atoms with van der Waals surface area (Å²) >= 11 is 0. The van der Waals surface area contributed by atoms with Crippen LogP contribution in [0, 0.1) is 5.82 Å². The number of ether oxygens (including phenoxy) is 1.